The number of carbonyl (C=O) groups excluding carboxylic acids is 1. The van der Waals surface area contributed by atoms with Gasteiger partial charge in [-0.15, -0.1) is 0 Å². The molecule has 0 aliphatic carbocycles. The maximum atomic E-state index is 12.8. The average molecular weight is 517 g/mol. The summed E-state index contributed by atoms with van der Waals surface area (Å²) in [6.07, 6.45) is 0.982. The zero-order chi connectivity index (χ0) is 26.3. The number of rotatable bonds is 5. The van der Waals surface area contributed by atoms with Gasteiger partial charge in [0.15, 0.2) is 10.8 Å². The van der Waals surface area contributed by atoms with Gasteiger partial charge in [-0.25, -0.2) is 10.0 Å². The van der Waals surface area contributed by atoms with E-state index in [9.17, 15) is 4.79 Å². The first-order valence-corrected chi connectivity index (χ1v) is 13.6. The summed E-state index contributed by atoms with van der Waals surface area (Å²) < 4.78 is 0. The summed E-state index contributed by atoms with van der Waals surface area (Å²) in [7, 11) is 0. The smallest absolute Gasteiger partial charge is 0.234 e. The van der Waals surface area contributed by atoms with Gasteiger partial charge >= 0.3 is 0 Å². The Morgan fingerprint density at radius 2 is 1.42 bits per heavy atom. The van der Waals surface area contributed by atoms with Crippen LogP contribution in [0.15, 0.2) is 113 Å². The fourth-order valence-corrected chi connectivity index (χ4v) is 6.23. The summed E-state index contributed by atoms with van der Waals surface area (Å²) in [4.78, 5) is 11.8. The van der Waals surface area contributed by atoms with Gasteiger partial charge in [0.1, 0.15) is 0 Å². The number of anilines is 2. The molecule has 4 aromatic carbocycles. The highest BCUT2D eigenvalue weighted by atomic mass is 32.2. The van der Waals surface area contributed by atoms with Crippen LogP contribution in [-0.2, 0) is 16.2 Å². The number of ketones is 1. The third-order valence-electron chi connectivity index (χ3n) is 6.95. The number of nitrogens with zero attached hydrogens (tertiary/aromatic N) is 4. The maximum Gasteiger partial charge on any atom is 0.234 e. The van der Waals surface area contributed by atoms with Crippen LogP contribution in [0.4, 0.5) is 11.4 Å². The number of benzene rings is 4. The van der Waals surface area contributed by atoms with Gasteiger partial charge < -0.3 is 0 Å². The average Bonchev–Trinajstić information content (AvgIpc) is 3.36. The minimum atomic E-state index is -0.929. The summed E-state index contributed by atoms with van der Waals surface area (Å²) in [5.74, 6) is -0.0700. The Balaban J connectivity index is 1.64. The highest BCUT2D eigenvalue weighted by Crippen LogP contribution is 2.55. The molecule has 0 bridgehead atoms. The van der Waals surface area contributed by atoms with E-state index < -0.39 is 4.99 Å². The van der Waals surface area contributed by atoms with E-state index in [2.05, 4.69) is 86.6 Å². The van der Waals surface area contributed by atoms with Gasteiger partial charge in [-0.3, -0.25) is 4.79 Å². The van der Waals surface area contributed by atoms with Gasteiger partial charge in [0.05, 0.1) is 17.1 Å². The monoisotopic (exact) mass is 516 g/mol. The van der Waals surface area contributed by atoms with Crippen LogP contribution >= 0.6 is 11.8 Å². The van der Waals surface area contributed by atoms with Gasteiger partial charge in [0.2, 0.25) is 4.99 Å². The summed E-state index contributed by atoms with van der Waals surface area (Å²) in [5.41, 5.74) is 8.22. The number of hydrogen-bond acceptors (Lipinski definition) is 6. The number of carbonyl (C=O) groups is 1. The largest absolute Gasteiger partial charge is 0.292 e. The van der Waals surface area contributed by atoms with Crippen molar-refractivity contribution < 1.29 is 4.79 Å². The molecule has 4 aromatic rings. The molecule has 38 heavy (non-hydrogen) atoms. The molecule has 2 aliphatic heterocycles. The number of Topliss-reactive ketones (excluding diaryl/α,β-unsaturated/α-hetero) is 1. The third kappa shape index (κ3) is 3.92. The number of fused-ring (bicyclic) bond motifs is 2. The van der Waals surface area contributed by atoms with Crippen LogP contribution in [-0.4, -0.2) is 16.5 Å². The van der Waals surface area contributed by atoms with Crippen LogP contribution in [0, 0.1) is 6.92 Å². The lowest BCUT2D eigenvalue weighted by Crippen LogP contribution is -2.54. The van der Waals surface area contributed by atoms with Crippen LogP contribution in [0.5, 0.6) is 0 Å². The van der Waals surface area contributed by atoms with Gasteiger partial charge in [0.25, 0.3) is 0 Å². The van der Waals surface area contributed by atoms with E-state index in [1.807, 2.05) is 40.3 Å². The Kier molecular flexibility index (Phi) is 6.12. The van der Waals surface area contributed by atoms with Crippen molar-refractivity contribution in [2.24, 2.45) is 10.2 Å². The normalized spacial score (nSPS) is 18.3. The SMILES string of the molecule is CCc1ccc(C2=NN(c3ccccc3)C3(SC(C(C)=O)=NN3c3ccc(C)cc3)c3ccccc32)cc1. The summed E-state index contributed by atoms with van der Waals surface area (Å²) in [6, 6.07) is 35.3. The lowest BCUT2D eigenvalue weighted by atomic mass is 9.92. The molecule has 0 amide bonds. The predicted octanol–water partition coefficient (Wildman–Crippen LogP) is 7.10. The van der Waals surface area contributed by atoms with Crippen molar-refractivity contribution in [3.05, 3.63) is 131 Å². The van der Waals surface area contributed by atoms with Crippen LogP contribution in [0.3, 0.4) is 0 Å². The van der Waals surface area contributed by atoms with Crippen molar-refractivity contribution in [3.63, 3.8) is 0 Å². The van der Waals surface area contributed by atoms with Gasteiger partial charge in [-0.2, -0.15) is 10.2 Å². The van der Waals surface area contributed by atoms with E-state index in [-0.39, 0.29) is 5.78 Å². The molecular formula is C32H28N4OS. The standard InChI is InChI=1S/C32H28N4OS/c1-4-24-16-18-25(19-17-24)30-28-12-8-9-13-29(28)32(35(33-30)26-10-6-5-7-11-26)36(34-31(38-32)23(3)37)27-20-14-22(2)15-21-27/h5-21H,4H2,1-3H3. The van der Waals surface area contributed by atoms with E-state index in [0.717, 1.165) is 45.8 Å². The molecule has 0 saturated heterocycles. The van der Waals surface area contributed by atoms with Crippen LogP contribution in [0.2, 0.25) is 0 Å². The Hall–Kier alpha value is -4.16. The molecule has 1 spiro atoms. The summed E-state index contributed by atoms with van der Waals surface area (Å²) in [5, 5.41) is 14.7. The second kappa shape index (κ2) is 9.62. The highest BCUT2D eigenvalue weighted by molar-refractivity contribution is 8.17. The Bertz CT molecular complexity index is 1560. The van der Waals surface area contributed by atoms with Gasteiger partial charge in [-0.05, 0) is 54.9 Å². The van der Waals surface area contributed by atoms with E-state index in [4.69, 9.17) is 10.2 Å². The van der Waals surface area contributed by atoms with Crippen molar-refractivity contribution in [2.75, 3.05) is 10.0 Å². The number of thioether (sulfide) groups is 1. The predicted molar refractivity (Wildman–Crippen MR) is 158 cm³/mol. The summed E-state index contributed by atoms with van der Waals surface area (Å²) in [6.45, 7) is 5.80. The third-order valence-corrected chi connectivity index (χ3v) is 8.37. The number of para-hydroxylation sites is 1. The summed E-state index contributed by atoms with van der Waals surface area (Å²) >= 11 is 1.44. The first kappa shape index (κ1) is 24.2. The minimum Gasteiger partial charge on any atom is -0.292 e. The quantitative estimate of drug-likeness (QED) is 0.284. The highest BCUT2D eigenvalue weighted by Gasteiger charge is 2.55. The Morgan fingerprint density at radius 1 is 0.789 bits per heavy atom. The number of hydrogen-bond donors (Lipinski definition) is 0. The van der Waals surface area contributed by atoms with Crippen molar-refractivity contribution in [1.29, 1.82) is 0 Å². The maximum absolute atomic E-state index is 12.8. The fourth-order valence-electron chi connectivity index (χ4n) is 4.94. The van der Waals surface area contributed by atoms with Gasteiger partial charge in [-0.1, -0.05) is 91.3 Å². The van der Waals surface area contributed by atoms with Crippen molar-refractivity contribution >= 4 is 39.7 Å². The molecule has 0 N–H and O–H groups in total. The fraction of sp³-hybridized carbons (Fsp3) is 0.156. The molecule has 188 valence electrons. The number of aryl methyl sites for hydroxylation is 2. The van der Waals surface area contributed by atoms with E-state index in [0.29, 0.717) is 5.04 Å². The molecular weight excluding hydrogens is 488 g/mol. The van der Waals surface area contributed by atoms with Crippen LogP contribution < -0.4 is 10.0 Å². The van der Waals surface area contributed by atoms with E-state index in [1.165, 1.54) is 17.3 Å². The molecule has 0 saturated carbocycles. The van der Waals surface area contributed by atoms with Gasteiger partial charge in [0, 0.05) is 23.6 Å². The van der Waals surface area contributed by atoms with E-state index in [1.54, 1.807) is 6.92 Å². The van der Waals surface area contributed by atoms with Crippen molar-refractivity contribution in [3.8, 4) is 0 Å². The molecule has 5 nitrogen and oxygen atoms in total. The minimum absolute atomic E-state index is 0.0700. The Morgan fingerprint density at radius 3 is 2.11 bits per heavy atom. The molecule has 0 radical (unpaired) electrons. The molecule has 2 aliphatic rings. The second-order valence-corrected chi connectivity index (χ2v) is 10.7. The molecule has 6 heteroatoms. The molecule has 0 fully saturated rings. The first-order valence-electron chi connectivity index (χ1n) is 12.8. The lowest BCUT2D eigenvalue weighted by molar-refractivity contribution is -0.110. The molecule has 1 atom stereocenters. The zero-order valence-corrected chi connectivity index (χ0v) is 22.4. The molecule has 6 rings (SSSR count). The van der Waals surface area contributed by atoms with Crippen LogP contribution in [0.25, 0.3) is 0 Å². The molecule has 2 heterocycles. The number of hydrazone groups is 2. The topological polar surface area (TPSA) is 48.3 Å². The van der Waals surface area contributed by atoms with Crippen molar-refractivity contribution in [1.82, 2.24) is 0 Å². The molecule has 0 aromatic heterocycles. The molecule has 1 unspecified atom stereocenters. The zero-order valence-electron chi connectivity index (χ0n) is 21.6. The van der Waals surface area contributed by atoms with E-state index >= 15 is 0 Å². The van der Waals surface area contributed by atoms with Crippen LogP contribution in [0.1, 0.15) is 41.7 Å². The first-order chi connectivity index (χ1) is 18.5. The second-order valence-electron chi connectivity index (χ2n) is 9.51. The Labute approximate surface area is 227 Å². The lowest BCUT2D eigenvalue weighted by Gasteiger charge is -2.47. The van der Waals surface area contributed by atoms with Crippen molar-refractivity contribution in [2.45, 2.75) is 32.2 Å².